The monoisotopic (exact) mass is 335 g/mol. The van der Waals surface area contributed by atoms with Crippen LogP contribution in [0.2, 0.25) is 0 Å². The second kappa shape index (κ2) is 7.66. The highest BCUT2D eigenvalue weighted by atomic mass is 16.2. The molecule has 2 amide bonds. The average Bonchev–Trinajstić information content (AvgIpc) is 3.07. The molecule has 3 rings (SSSR count). The van der Waals surface area contributed by atoms with Crippen LogP contribution >= 0.6 is 0 Å². The number of nitrogens with zero attached hydrogens (tertiary/aromatic N) is 1. The molecule has 5 heteroatoms. The Bertz CT molecular complexity index is 871. The highest BCUT2D eigenvalue weighted by Gasteiger charge is 2.12. The summed E-state index contributed by atoms with van der Waals surface area (Å²) in [6.07, 6.45) is 2.13. The molecule has 0 saturated heterocycles. The minimum Gasteiger partial charge on any atom is -0.361 e. The van der Waals surface area contributed by atoms with Crippen LogP contribution in [0.25, 0.3) is 10.9 Å². The maximum Gasteiger partial charge on any atom is 0.226 e. The summed E-state index contributed by atoms with van der Waals surface area (Å²) in [4.78, 5) is 28.8. The van der Waals surface area contributed by atoms with Gasteiger partial charge in [-0.25, -0.2) is 0 Å². The van der Waals surface area contributed by atoms with Crippen molar-refractivity contribution in [3.63, 3.8) is 0 Å². The highest BCUT2D eigenvalue weighted by Crippen LogP contribution is 2.18. The zero-order valence-corrected chi connectivity index (χ0v) is 14.2. The van der Waals surface area contributed by atoms with Gasteiger partial charge in [0.15, 0.2) is 0 Å². The first-order chi connectivity index (χ1) is 12.1. The number of hydrogen-bond donors (Lipinski definition) is 2. The quantitative estimate of drug-likeness (QED) is 0.723. The van der Waals surface area contributed by atoms with Crippen molar-refractivity contribution in [1.29, 1.82) is 0 Å². The van der Waals surface area contributed by atoms with Crippen molar-refractivity contribution in [2.24, 2.45) is 0 Å². The minimum atomic E-state index is -0.103. The van der Waals surface area contributed by atoms with Crippen LogP contribution in [0.3, 0.4) is 0 Å². The van der Waals surface area contributed by atoms with E-state index in [1.54, 1.807) is 4.90 Å². The van der Waals surface area contributed by atoms with Gasteiger partial charge in [0.25, 0.3) is 0 Å². The molecular weight excluding hydrogens is 314 g/mol. The van der Waals surface area contributed by atoms with Gasteiger partial charge in [0.2, 0.25) is 11.8 Å². The molecule has 128 valence electrons. The Hall–Kier alpha value is -3.08. The van der Waals surface area contributed by atoms with Gasteiger partial charge in [-0.15, -0.1) is 0 Å². The van der Waals surface area contributed by atoms with Gasteiger partial charge in [0.1, 0.15) is 0 Å². The van der Waals surface area contributed by atoms with E-state index in [0.29, 0.717) is 13.1 Å². The molecule has 2 aromatic carbocycles. The Morgan fingerprint density at radius 3 is 2.64 bits per heavy atom. The number of benzene rings is 2. The van der Waals surface area contributed by atoms with E-state index < -0.39 is 0 Å². The van der Waals surface area contributed by atoms with Gasteiger partial charge in [-0.1, -0.05) is 30.3 Å². The summed E-state index contributed by atoms with van der Waals surface area (Å²) in [5, 5.41) is 3.94. The molecule has 5 nitrogen and oxygen atoms in total. The number of rotatable bonds is 6. The summed E-state index contributed by atoms with van der Waals surface area (Å²) < 4.78 is 0. The molecule has 25 heavy (non-hydrogen) atoms. The van der Waals surface area contributed by atoms with E-state index in [0.717, 1.165) is 22.2 Å². The lowest BCUT2D eigenvalue weighted by molar-refractivity contribution is -0.129. The fourth-order valence-corrected chi connectivity index (χ4v) is 2.74. The van der Waals surface area contributed by atoms with Gasteiger partial charge in [0, 0.05) is 49.2 Å². The van der Waals surface area contributed by atoms with Gasteiger partial charge in [-0.2, -0.15) is 0 Å². The fourth-order valence-electron chi connectivity index (χ4n) is 2.74. The van der Waals surface area contributed by atoms with Crippen molar-refractivity contribution in [2.75, 3.05) is 11.9 Å². The molecule has 1 aromatic heterocycles. The lowest BCUT2D eigenvalue weighted by Crippen LogP contribution is -2.31. The highest BCUT2D eigenvalue weighted by molar-refractivity contribution is 5.94. The van der Waals surface area contributed by atoms with Crippen LogP contribution in [-0.4, -0.2) is 28.2 Å². The Morgan fingerprint density at radius 1 is 1.08 bits per heavy atom. The lowest BCUT2D eigenvalue weighted by Gasteiger charge is -2.21. The Balaban J connectivity index is 1.56. The van der Waals surface area contributed by atoms with Gasteiger partial charge < -0.3 is 15.2 Å². The minimum absolute atomic E-state index is 0.0367. The normalized spacial score (nSPS) is 10.6. The standard InChI is InChI=1S/C20H21N3O2/c1-15(24)23(14-16-5-3-2-4-6-16)12-10-20(25)22-18-7-8-19-17(13-18)9-11-21-19/h2-9,11,13,21H,10,12,14H2,1H3,(H,22,25). The van der Waals surface area contributed by atoms with Crippen molar-refractivity contribution < 1.29 is 9.59 Å². The fraction of sp³-hybridized carbons (Fsp3) is 0.200. The van der Waals surface area contributed by atoms with Crippen molar-refractivity contribution >= 4 is 28.4 Å². The van der Waals surface area contributed by atoms with Crippen molar-refractivity contribution in [3.8, 4) is 0 Å². The Kier molecular flexibility index (Phi) is 5.14. The number of hydrogen-bond acceptors (Lipinski definition) is 2. The molecule has 0 spiro atoms. The molecule has 2 N–H and O–H groups in total. The molecule has 0 atom stereocenters. The van der Waals surface area contributed by atoms with E-state index in [2.05, 4.69) is 10.3 Å². The number of amides is 2. The van der Waals surface area contributed by atoms with Crippen LogP contribution < -0.4 is 5.32 Å². The number of aromatic amines is 1. The molecule has 0 aliphatic heterocycles. The molecule has 0 saturated carbocycles. The van der Waals surface area contributed by atoms with Crippen molar-refractivity contribution in [3.05, 3.63) is 66.4 Å². The molecule has 0 unspecified atom stereocenters. The van der Waals surface area contributed by atoms with E-state index in [4.69, 9.17) is 0 Å². The second-order valence-electron chi connectivity index (χ2n) is 6.00. The summed E-state index contributed by atoms with van der Waals surface area (Å²) >= 11 is 0. The van der Waals surface area contributed by atoms with Crippen molar-refractivity contribution in [1.82, 2.24) is 9.88 Å². The van der Waals surface area contributed by atoms with Gasteiger partial charge >= 0.3 is 0 Å². The van der Waals surface area contributed by atoms with Crippen LogP contribution in [0.4, 0.5) is 5.69 Å². The predicted octanol–water partition coefficient (Wildman–Crippen LogP) is 3.55. The zero-order chi connectivity index (χ0) is 17.6. The molecule has 3 aromatic rings. The smallest absolute Gasteiger partial charge is 0.226 e. The maximum atomic E-state index is 12.2. The summed E-state index contributed by atoms with van der Waals surface area (Å²) in [6.45, 7) is 2.43. The van der Waals surface area contributed by atoms with E-state index in [-0.39, 0.29) is 18.2 Å². The predicted molar refractivity (Wildman–Crippen MR) is 99.1 cm³/mol. The van der Waals surface area contributed by atoms with Crippen LogP contribution in [0.5, 0.6) is 0 Å². The van der Waals surface area contributed by atoms with E-state index in [9.17, 15) is 9.59 Å². The lowest BCUT2D eigenvalue weighted by atomic mass is 10.2. The first-order valence-corrected chi connectivity index (χ1v) is 8.28. The first kappa shape index (κ1) is 16.8. The Labute approximate surface area is 146 Å². The number of carbonyl (C=O) groups excluding carboxylic acids is 2. The Morgan fingerprint density at radius 2 is 1.88 bits per heavy atom. The molecule has 1 heterocycles. The first-order valence-electron chi connectivity index (χ1n) is 8.28. The number of H-pyrrole nitrogens is 1. The maximum absolute atomic E-state index is 12.2. The molecule has 0 fully saturated rings. The second-order valence-corrected chi connectivity index (χ2v) is 6.00. The molecule has 0 aliphatic rings. The largest absolute Gasteiger partial charge is 0.361 e. The molecule has 0 aliphatic carbocycles. The molecule has 0 bridgehead atoms. The number of nitrogens with one attached hydrogen (secondary N) is 2. The number of fused-ring (bicyclic) bond motifs is 1. The third kappa shape index (κ3) is 4.47. The van der Waals surface area contributed by atoms with Gasteiger partial charge in [0.05, 0.1) is 0 Å². The van der Waals surface area contributed by atoms with E-state index in [1.165, 1.54) is 6.92 Å². The van der Waals surface area contributed by atoms with Crippen LogP contribution in [-0.2, 0) is 16.1 Å². The number of anilines is 1. The van der Waals surface area contributed by atoms with Gasteiger partial charge in [-0.05, 0) is 29.8 Å². The third-order valence-electron chi connectivity index (χ3n) is 4.11. The molecule has 0 radical (unpaired) electrons. The number of carbonyl (C=O) groups is 2. The topological polar surface area (TPSA) is 65.2 Å². The number of aromatic nitrogens is 1. The SMILES string of the molecule is CC(=O)N(CCC(=O)Nc1ccc2[nH]ccc2c1)Cc1ccccc1. The summed E-state index contributed by atoms with van der Waals surface area (Å²) in [5.74, 6) is -0.139. The summed E-state index contributed by atoms with van der Waals surface area (Å²) in [7, 11) is 0. The van der Waals surface area contributed by atoms with Crippen LogP contribution in [0.1, 0.15) is 18.9 Å². The molecular formula is C20H21N3O2. The van der Waals surface area contributed by atoms with Crippen LogP contribution in [0.15, 0.2) is 60.8 Å². The summed E-state index contributed by atoms with van der Waals surface area (Å²) in [5.41, 5.74) is 2.84. The van der Waals surface area contributed by atoms with E-state index in [1.807, 2.05) is 60.8 Å². The third-order valence-corrected chi connectivity index (χ3v) is 4.11. The zero-order valence-electron chi connectivity index (χ0n) is 14.2. The van der Waals surface area contributed by atoms with Crippen LogP contribution in [0, 0.1) is 0 Å². The average molecular weight is 335 g/mol. The van der Waals surface area contributed by atoms with E-state index >= 15 is 0 Å². The van der Waals surface area contributed by atoms with Gasteiger partial charge in [-0.3, -0.25) is 9.59 Å². The van der Waals surface area contributed by atoms with Crippen molar-refractivity contribution in [2.45, 2.75) is 19.9 Å². The summed E-state index contributed by atoms with van der Waals surface area (Å²) in [6, 6.07) is 17.5.